The van der Waals surface area contributed by atoms with Crippen LogP contribution in [0.15, 0.2) is 24.0 Å². The third-order valence-electron chi connectivity index (χ3n) is 2.07. The highest BCUT2D eigenvalue weighted by Gasteiger charge is 2.22. The number of hydrogen-bond acceptors (Lipinski definition) is 3. The zero-order valence-corrected chi connectivity index (χ0v) is 6.53. The van der Waals surface area contributed by atoms with Gasteiger partial charge in [-0.05, 0) is 12.2 Å². The third kappa shape index (κ3) is 1.10. The van der Waals surface area contributed by atoms with Crippen LogP contribution in [-0.4, -0.2) is 22.6 Å². The summed E-state index contributed by atoms with van der Waals surface area (Å²) in [6.07, 6.45) is 6.14. The van der Waals surface area contributed by atoms with Crippen LogP contribution in [0.5, 0.6) is 0 Å². The quantitative estimate of drug-likeness (QED) is 0.588. The lowest BCUT2D eigenvalue weighted by Crippen LogP contribution is -2.27. The van der Waals surface area contributed by atoms with Crippen LogP contribution in [0.25, 0.3) is 0 Å². The van der Waals surface area contributed by atoms with Crippen molar-refractivity contribution in [2.75, 3.05) is 6.54 Å². The number of nitrogens with one attached hydrogen (secondary N) is 1. The van der Waals surface area contributed by atoms with Crippen LogP contribution < -0.4 is 5.43 Å². The normalized spacial score (nSPS) is 26.8. The summed E-state index contributed by atoms with van der Waals surface area (Å²) in [5.41, 5.74) is 4.16. The van der Waals surface area contributed by atoms with Gasteiger partial charge in [-0.3, -0.25) is 9.80 Å². The molecule has 0 saturated carbocycles. The number of hydrogen-bond donors (Lipinski definition) is 2. The zero-order valence-electron chi connectivity index (χ0n) is 6.53. The molecular formula is C8H10N2O2. The minimum atomic E-state index is -0.787. The van der Waals surface area contributed by atoms with Crippen LogP contribution in [0.4, 0.5) is 0 Å². The summed E-state index contributed by atoms with van der Waals surface area (Å²) in [5, 5.41) is 10.6. The molecule has 0 aliphatic carbocycles. The minimum Gasteiger partial charge on any atom is -0.481 e. The number of hydrazine groups is 1. The standard InChI is InChI=1S/C8H10N2O2/c11-8(12)6-2-4-10-7(5-6)1-3-9-10/h2,4-6,9H,1,3H2,(H,11,12). The van der Waals surface area contributed by atoms with Crippen molar-refractivity contribution in [1.82, 2.24) is 10.4 Å². The molecule has 2 aliphatic heterocycles. The van der Waals surface area contributed by atoms with Crippen molar-refractivity contribution in [3.63, 3.8) is 0 Å². The van der Waals surface area contributed by atoms with Gasteiger partial charge in [0.25, 0.3) is 0 Å². The lowest BCUT2D eigenvalue weighted by molar-refractivity contribution is -0.138. The van der Waals surface area contributed by atoms with Crippen molar-refractivity contribution < 1.29 is 9.90 Å². The summed E-state index contributed by atoms with van der Waals surface area (Å²) in [6.45, 7) is 0.891. The monoisotopic (exact) mass is 166 g/mol. The van der Waals surface area contributed by atoms with Gasteiger partial charge < -0.3 is 5.11 Å². The molecule has 4 heteroatoms. The molecule has 0 bridgehead atoms. The van der Waals surface area contributed by atoms with Crippen molar-refractivity contribution in [3.8, 4) is 0 Å². The number of carboxylic acid groups (broad SMARTS) is 1. The minimum absolute atomic E-state index is 0.448. The molecule has 0 radical (unpaired) electrons. The molecule has 0 aromatic carbocycles. The van der Waals surface area contributed by atoms with E-state index < -0.39 is 11.9 Å². The Balaban J connectivity index is 2.20. The molecule has 2 rings (SSSR count). The van der Waals surface area contributed by atoms with Crippen LogP contribution in [0.1, 0.15) is 6.42 Å². The van der Waals surface area contributed by atoms with Gasteiger partial charge in [-0.25, -0.2) is 5.43 Å². The lowest BCUT2D eigenvalue weighted by Gasteiger charge is -2.20. The molecule has 0 aromatic heterocycles. The molecule has 1 atom stereocenters. The maximum atomic E-state index is 10.6. The van der Waals surface area contributed by atoms with Gasteiger partial charge in [-0.15, -0.1) is 0 Å². The van der Waals surface area contributed by atoms with E-state index in [-0.39, 0.29) is 0 Å². The van der Waals surface area contributed by atoms with E-state index in [0.717, 1.165) is 18.7 Å². The molecule has 2 heterocycles. The van der Waals surface area contributed by atoms with Crippen molar-refractivity contribution in [1.29, 1.82) is 0 Å². The summed E-state index contributed by atoms with van der Waals surface area (Å²) in [4.78, 5) is 10.6. The fourth-order valence-electron chi connectivity index (χ4n) is 1.43. The molecule has 1 fully saturated rings. The van der Waals surface area contributed by atoms with E-state index >= 15 is 0 Å². The van der Waals surface area contributed by atoms with E-state index in [4.69, 9.17) is 5.11 Å². The summed E-state index contributed by atoms with van der Waals surface area (Å²) in [6, 6.07) is 0. The predicted molar refractivity (Wildman–Crippen MR) is 42.8 cm³/mol. The topological polar surface area (TPSA) is 52.6 Å². The summed E-state index contributed by atoms with van der Waals surface area (Å²) >= 11 is 0. The predicted octanol–water partition coefficient (Wildman–Crippen LogP) is 0.309. The van der Waals surface area contributed by atoms with Crippen molar-refractivity contribution in [2.45, 2.75) is 6.42 Å². The zero-order chi connectivity index (χ0) is 8.55. The molecule has 2 N–H and O–H groups in total. The first-order valence-corrected chi connectivity index (χ1v) is 3.92. The Kier molecular flexibility index (Phi) is 1.62. The Morgan fingerprint density at radius 1 is 1.75 bits per heavy atom. The van der Waals surface area contributed by atoms with E-state index in [1.807, 2.05) is 5.01 Å². The highest BCUT2D eigenvalue weighted by Crippen LogP contribution is 2.21. The van der Waals surface area contributed by atoms with Gasteiger partial charge in [0.15, 0.2) is 0 Å². The fourth-order valence-corrected chi connectivity index (χ4v) is 1.43. The Hall–Kier alpha value is -1.29. The number of nitrogens with zero attached hydrogens (tertiary/aromatic N) is 1. The van der Waals surface area contributed by atoms with Gasteiger partial charge in [-0.1, -0.05) is 0 Å². The highest BCUT2D eigenvalue weighted by molar-refractivity contribution is 5.74. The van der Waals surface area contributed by atoms with Crippen LogP contribution in [0, 0.1) is 5.92 Å². The van der Waals surface area contributed by atoms with Gasteiger partial charge >= 0.3 is 5.97 Å². The van der Waals surface area contributed by atoms with Gasteiger partial charge in [0.2, 0.25) is 0 Å². The Morgan fingerprint density at radius 2 is 2.58 bits per heavy atom. The average molecular weight is 166 g/mol. The van der Waals surface area contributed by atoms with Crippen molar-refractivity contribution in [2.24, 2.45) is 5.92 Å². The fraction of sp³-hybridized carbons (Fsp3) is 0.375. The van der Waals surface area contributed by atoms with Crippen LogP contribution in [0.2, 0.25) is 0 Å². The number of fused-ring (bicyclic) bond motifs is 1. The second-order valence-corrected chi connectivity index (χ2v) is 2.89. The largest absolute Gasteiger partial charge is 0.481 e. The Bertz CT molecular complexity index is 270. The van der Waals surface area contributed by atoms with Crippen LogP contribution in [0.3, 0.4) is 0 Å². The van der Waals surface area contributed by atoms with E-state index in [1.165, 1.54) is 0 Å². The molecule has 1 unspecified atom stereocenters. The van der Waals surface area contributed by atoms with E-state index in [2.05, 4.69) is 5.43 Å². The lowest BCUT2D eigenvalue weighted by atomic mass is 10.1. The first kappa shape index (κ1) is 7.36. The van der Waals surface area contributed by atoms with Gasteiger partial charge in [0.05, 0.1) is 5.92 Å². The Labute approximate surface area is 70.1 Å². The summed E-state index contributed by atoms with van der Waals surface area (Å²) in [5.74, 6) is -1.23. The maximum absolute atomic E-state index is 10.6. The van der Waals surface area contributed by atoms with E-state index in [9.17, 15) is 4.79 Å². The SMILES string of the molecule is O=C(O)C1C=CN2NCCC2=C1. The number of carbonyl (C=O) groups is 1. The molecule has 64 valence electrons. The highest BCUT2D eigenvalue weighted by atomic mass is 16.4. The number of rotatable bonds is 1. The van der Waals surface area contributed by atoms with Crippen molar-refractivity contribution >= 4 is 5.97 Å². The first-order valence-electron chi connectivity index (χ1n) is 3.92. The molecule has 4 nitrogen and oxygen atoms in total. The number of aliphatic carboxylic acids is 1. The maximum Gasteiger partial charge on any atom is 0.314 e. The summed E-state index contributed by atoms with van der Waals surface area (Å²) < 4.78 is 0. The third-order valence-corrected chi connectivity index (χ3v) is 2.07. The Morgan fingerprint density at radius 3 is 3.33 bits per heavy atom. The van der Waals surface area contributed by atoms with Gasteiger partial charge in [0, 0.05) is 24.9 Å². The van der Waals surface area contributed by atoms with Crippen molar-refractivity contribution in [3.05, 3.63) is 24.0 Å². The second kappa shape index (κ2) is 2.64. The van der Waals surface area contributed by atoms with E-state index in [1.54, 1.807) is 18.4 Å². The molecule has 0 aromatic rings. The van der Waals surface area contributed by atoms with Crippen LogP contribution in [-0.2, 0) is 4.79 Å². The molecule has 1 saturated heterocycles. The van der Waals surface area contributed by atoms with Crippen LogP contribution >= 0.6 is 0 Å². The van der Waals surface area contributed by atoms with E-state index in [0.29, 0.717) is 0 Å². The number of carboxylic acids is 1. The molecule has 12 heavy (non-hydrogen) atoms. The smallest absolute Gasteiger partial charge is 0.314 e. The van der Waals surface area contributed by atoms with Gasteiger partial charge in [-0.2, -0.15) is 0 Å². The first-order chi connectivity index (χ1) is 5.77. The average Bonchev–Trinajstić information content (AvgIpc) is 2.49. The molecule has 2 aliphatic rings. The molecule has 0 spiro atoms. The second-order valence-electron chi connectivity index (χ2n) is 2.89. The van der Waals surface area contributed by atoms with Gasteiger partial charge in [0.1, 0.15) is 0 Å². The molecule has 0 amide bonds. The summed E-state index contributed by atoms with van der Waals surface area (Å²) in [7, 11) is 0. The molecular weight excluding hydrogens is 156 g/mol.